The van der Waals surface area contributed by atoms with Crippen molar-refractivity contribution in [2.75, 3.05) is 0 Å². The number of aliphatic carboxylic acids is 2. The summed E-state index contributed by atoms with van der Waals surface area (Å²) in [5.41, 5.74) is -0.0579. The summed E-state index contributed by atoms with van der Waals surface area (Å²) in [6, 6.07) is 4.89. The molecule has 0 spiro atoms. The normalized spacial score (nSPS) is 13.5. The highest BCUT2D eigenvalue weighted by atomic mass is 16.6. The first kappa shape index (κ1) is 21.3. The summed E-state index contributed by atoms with van der Waals surface area (Å²) >= 11 is 0. The van der Waals surface area contributed by atoms with E-state index in [9.17, 15) is 29.7 Å². The molecule has 144 valence electrons. The smallest absolute Gasteiger partial charge is 0.408 e. The number of hydrogen-bond acceptors (Lipinski definition) is 5. The third-order valence-corrected chi connectivity index (χ3v) is 3.56. The molecule has 0 aliphatic heterocycles. The molecule has 0 saturated heterocycles. The summed E-state index contributed by atoms with van der Waals surface area (Å²) in [6.45, 7) is 4.96. The number of alkyl carbamates (subject to hydrolysis) is 1. The maximum absolute atomic E-state index is 11.7. The van der Waals surface area contributed by atoms with E-state index in [0.717, 1.165) is 0 Å². The van der Waals surface area contributed by atoms with Crippen LogP contribution in [-0.4, -0.2) is 45.0 Å². The average molecular weight is 367 g/mol. The van der Waals surface area contributed by atoms with Gasteiger partial charge in [0.1, 0.15) is 17.4 Å². The molecule has 2 atom stereocenters. The summed E-state index contributed by atoms with van der Waals surface area (Å²) in [5.74, 6) is -3.06. The molecule has 8 nitrogen and oxygen atoms in total. The van der Waals surface area contributed by atoms with Gasteiger partial charge in [-0.15, -0.1) is 0 Å². The molecule has 1 aromatic carbocycles. The van der Waals surface area contributed by atoms with Crippen LogP contribution in [0.4, 0.5) is 4.79 Å². The number of ether oxygens (including phenoxy) is 1. The van der Waals surface area contributed by atoms with Gasteiger partial charge in [0.2, 0.25) is 0 Å². The Balaban J connectivity index is 2.68. The molecule has 0 saturated carbocycles. The third kappa shape index (κ3) is 7.87. The summed E-state index contributed by atoms with van der Waals surface area (Å²) in [7, 11) is 0. The van der Waals surface area contributed by atoms with Crippen LogP contribution in [-0.2, 0) is 20.7 Å². The van der Waals surface area contributed by atoms with Gasteiger partial charge in [0.05, 0.1) is 5.92 Å². The Morgan fingerprint density at radius 3 is 2.08 bits per heavy atom. The third-order valence-electron chi connectivity index (χ3n) is 3.56. The Morgan fingerprint density at radius 2 is 1.62 bits per heavy atom. The lowest BCUT2D eigenvalue weighted by Crippen LogP contribution is -2.43. The van der Waals surface area contributed by atoms with Crippen molar-refractivity contribution >= 4 is 18.0 Å². The zero-order chi connectivity index (χ0) is 19.9. The molecule has 0 aromatic heterocycles. The second kappa shape index (κ2) is 9.07. The highest BCUT2D eigenvalue weighted by Gasteiger charge is 2.26. The van der Waals surface area contributed by atoms with E-state index < -0.39 is 35.6 Å². The van der Waals surface area contributed by atoms with Crippen LogP contribution in [0.15, 0.2) is 24.3 Å². The van der Waals surface area contributed by atoms with Crippen LogP contribution in [0.25, 0.3) is 0 Å². The van der Waals surface area contributed by atoms with Crippen molar-refractivity contribution in [1.82, 2.24) is 5.32 Å². The Bertz CT molecular complexity index is 634. The first-order chi connectivity index (χ1) is 12.0. The molecule has 0 fully saturated rings. The molecule has 1 rings (SSSR count). The average Bonchev–Trinajstić information content (AvgIpc) is 2.49. The predicted octanol–water partition coefficient (Wildman–Crippen LogP) is 2.39. The van der Waals surface area contributed by atoms with E-state index in [2.05, 4.69) is 5.32 Å². The van der Waals surface area contributed by atoms with Gasteiger partial charge in [0.15, 0.2) is 0 Å². The highest BCUT2D eigenvalue weighted by Crippen LogP contribution is 2.18. The Morgan fingerprint density at radius 1 is 1.04 bits per heavy atom. The first-order valence-electron chi connectivity index (χ1n) is 8.21. The van der Waals surface area contributed by atoms with E-state index in [4.69, 9.17) is 4.74 Å². The van der Waals surface area contributed by atoms with Crippen LogP contribution >= 0.6 is 0 Å². The zero-order valence-electron chi connectivity index (χ0n) is 15.1. The van der Waals surface area contributed by atoms with E-state index in [0.29, 0.717) is 5.56 Å². The van der Waals surface area contributed by atoms with E-state index in [1.165, 1.54) is 12.1 Å². The number of carbonyl (C=O) groups excluding carboxylic acids is 1. The molecule has 0 bridgehead atoms. The van der Waals surface area contributed by atoms with Gasteiger partial charge in [-0.1, -0.05) is 12.1 Å². The number of amides is 1. The van der Waals surface area contributed by atoms with Crippen molar-refractivity contribution in [1.29, 1.82) is 0 Å². The van der Waals surface area contributed by atoms with Crippen molar-refractivity contribution in [2.45, 2.75) is 51.7 Å². The first-order valence-corrected chi connectivity index (χ1v) is 8.21. The molecule has 0 aliphatic rings. The van der Waals surface area contributed by atoms with Gasteiger partial charge < -0.3 is 25.4 Å². The van der Waals surface area contributed by atoms with E-state index in [1.807, 2.05) is 0 Å². The number of carboxylic acids is 2. The lowest BCUT2D eigenvalue weighted by molar-refractivity contribution is -0.143. The SMILES string of the molecule is CC(C)(C)OC(=O)N[C@@H](CCC(Cc1ccc(O)cc1)C(=O)O)C(=O)O. The number of phenols is 1. The van der Waals surface area contributed by atoms with Crippen LogP contribution in [0, 0.1) is 5.92 Å². The van der Waals surface area contributed by atoms with E-state index >= 15 is 0 Å². The van der Waals surface area contributed by atoms with Gasteiger partial charge in [0, 0.05) is 0 Å². The zero-order valence-corrected chi connectivity index (χ0v) is 15.1. The fourth-order valence-corrected chi connectivity index (χ4v) is 2.30. The van der Waals surface area contributed by atoms with Gasteiger partial charge >= 0.3 is 18.0 Å². The molecule has 0 aliphatic carbocycles. The monoisotopic (exact) mass is 367 g/mol. The van der Waals surface area contributed by atoms with Crippen LogP contribution in [0.1, 0.15) is 39.2 Å². The molecule has 1 aromatic rings. The summed E-state index contributed by atoms with van der Waals surface area (Å²) in [5, 5.41) is 30.1. The van der Waals surface area contributed by atoms with Crippen LogP contribution in [0.2, 0.25) is 0 Å². The minimum atomic E-state index is -1.26. The fraction of sp³-hybridized carbons (Fsp3) is 0.500. The quantitative estimate of drug-likeness (QED) is 0.554. The number of nitrogens with one attached hydrogen (secondary N) is 1. The Kier molecular flexibility index (Phi) is 7.42. The number of carboxylic acid groups (broad SMARTS) is 2. The molecule has 0 radical (unpaired) electrons. The van der Waals surface area contributed by atoms with Crippen LogP contribution < -0.4 is 5.32 Å². The van der Waals surface area contributed by atoms with Crippen molar-refractivity contribution in [3.8, 4) is 5.75 Å². The summed E-state index contributed by atoms with van der Waals surface area (Å²) < 4.78 is 5.03. The van der Waals surface area contributed by atoms with Gasteiger partial charge in [-0.2, -0.15) is 0 Å². The highest BCUT2D eigenvalue weighted by molar-refractivity contribution is 5.80. The van der Waals surface area contributed by atoms with Crippen molar-refractivity contribution in [3.05, 3.63) is 29.8 Å². The predicted molar refractivity (Wildman–Crippen MR) is 93.0 cm³/mol. The van der Waals surface area contributed by atoms with Crippen molar-refractivity contribution in [3.63, 3.8) is 0 Å². The molecular formula is C18H25NO7. The number of hydrogen-bond donors (Lipinski definition) is 4. The minimum absolute atomic E-state index is 0.0520. The standard InChI is InChI=1S/C18H25NO7/c1-18(2,3)26-17(25)19-14(16(23)24)9-6-12(15(21)22)10-11-4-7-13(20)8-5-11/h4-5,7-8,12,14,20H,6,9-10H2,1-3H3,(H,19,25)(H,21,22)(H,23,24)/t12?,14-/m0/s1. The van der Waals surface area contributed by atoms with Crippen LogP contribution in [0.3, 0.4) is 0 Å². The fourth-order valence-electron chi connectivity index (χ4n) is 2.30. The Labute approximate surface area is 151 Å². The number of rotatable bonds is 8. The molecule has 8 heteroatoms. The summed E-state index contributed by atoms with van der Waals surface area (Å²) in [6.07, 6.45) is -0.670. The maximum atomic E-state index is 11.7. The van der Waals surface area contributed by atoms with Gasteiger partial charge in [0.25, 0.3) is 0 Å². The van der Waals surface area contributed by atoms with E-state index in [1.54, 1.807) is 32.9 Å². The molecule has 26 heavy (non-hydrogen) atoms. The van der Waals surface area contributed by atoms with Crippen molar-refractivity contribution < 1.29 is 34.4 Å². The molecule has 0 heterocycles. The maximum Gasteiger partial charge on any atom is 0.408 e. The molecule has 4 N–H and O–H groups in total. The lowest BCUT2D eigenvalue weighted by Gasteiger charge is -2.22. The number of aromatic hydroxyl groups is 1. The molecule has 1 unspecified atom stereocenters. The lowest BCUT2D eigenvalue weighted by atomic mass is 9.93. The van der Waals surface area contributed by atoms with Gasteiger partial charge in [-0.05, 0) is 57.7 Å². The Hall–Kier alpha value is -2.77. The minimum Gasteiger partial charge on any atom is -0.508 e. The number of phenolic OH excluding ortho intramolecular Hbond substituents is 1. The molecule has 1 amide bonds. The number of benzene rings is 1. The number of carbonyl (C=O) groups is 3. The van der Waals surface area contributed by atoms with Crippen LogP contribution in [0.5, 0.6) is 5.75 Å². The topological polar surface area (TPSA) is 133 Å². The summed E-state index contributed by atoms with van der Waals surface area (Å²) in [4.78, 5) is 34.5. The second-order valence-corrected chi connectivity index (χ2v) is 7.02. The van der Waals surface area contributed by atoms with Crippen molar-refractivity contribution in [2.24, 2.45) is 5.92 Å². The van der Waals surface area contributed by atoms with E-state index in [-0.39, 0.29) is 25.0 Å². The molecular weight excluding hydrogens is 342 g/mol. The largest absolute Gasteiger partial charge is 0.508 e. The van der Waals surface area contributed by atoms with Gasteiger partial charge in [-0.3, -0.25) is 4.79 Å². The van der Waals surface area contributed by atoms with Gasteiger partial charge in [-0.25, -0.2) is 9.59 Å². The second-order valence-electron chi connectivity index (χ2n) is 7.02.